The summed E-state index contributed by atoms with van der Waals surface area (Å²) in [4.78, 5) is 0. The zero-order valence-corrected chi connectivity index (χ0v) is 9.26. The molecule has 0 bridgehead atoms. The van der Waals surface area contributed by atoms with Gasteiger partial charge in [-0.1, -0.05) is 0 Å². The summed E-state index contributed by atoms with van der Waals surface area (Å²) >= 11 is 0. The summed E-state index contributed by atoms with van der Waals surface area (Å²) in [5.41, 5.74) is 2.35. The Morgan fingerprint density at radius 1 is 1.59 bits per heavy atom. The molecule has 1 unspecified atom stereocenters. The maximum absolute atomic E-state index is 9.12. The minimum Gasteiger partial charge on any atom is -0.379 e. The molecular weight excluding hydrogens is 216 g/mol. The van der Waals surface area contributed by atoms with Crippen LogP contribution < -0.4 is 5.32 Å². The number of ether oxygens (including phenoxy) is 1. The molecule has 1 saturated heterocycles. The van der Waals surface area contributed by atoms with Gasteiger partial charge in [-0.15, -0.1) is 0 Å². The Balaban J connectivity index is 2.05. The molecule has 1 N–H and O–H groups in total. The maximum Gasteiger partial charge on any atom is 0.103 e. The van der Waals surface area contributed by atoms with Crippen molar-refractivity contribution in [2.75, 3.05) is 18.5 Å². The lowest BCUT2D eigenvalue weighted by Gasteiger charge is -2.14. The molecule has 0 aliphatic carbocycles. The lowest BCUT2D eigenvalue weighted by atomic mass is 10.2. The van der Waals surface area contributed by atoms with E-state index in [9.17, 15) is 0 Å². The van der Waals surface area contributed by atoms with Crippen molar-refractivity contribution >= 4 is 11.2 Å². The minimum atomic E-state index is 0.281. The highest BCUT2D eigenvalue weighted by Crippen LogP contribution is 2.23. The number of fused-ring (bicyclic) bond motifs is 1. The third-order valence-electron chi connectivity index (χ3n) is 2.96. The summed E-state index contributed by atoms with van der Waals surface area (Å²) in [6.45, 7) is 1.47. The van der Waals surface area contributed by atoms with Crippen LogP contribution in [0.3, 0.4) is 0 Å². The SMILES string of the molecule is N#Cc1cnn2cccc2c1NC1CCOC1. The number of aromatic nitrogens is 2. The van der Waals surface area contributed by atoms with E-state index in [-0.39, 0.29) is 6.04 Å². The highest BCUT2D eigenvalue weighted by atomic mass is 16.5. The minimum absolute atomic E-state index is 0.281. The van der Waals surface area contributed by atoms with Crippen LogP contribution in [0.15, 0.2) is 24.5 Å². The lowest BCUT2D eigenvalue weighted by molar-refractivity contribution is 0.195. The third-order valence-corrected chi connectivity index (χ3v) is 2.96. The summed E-state index contributed by atoms with van der Waals surface area (Å²) in [5.74, 6) is 0. The molecule has 0 saturated carbocycles. The molecule has 1 atom stereocenters. The first-order chi connectivity index (χ1) is 8.38. The Morgan fingerprint density at radius 3 is 3.29 bits per heavy atom. The van der Waals surface area contributed by atoms with Gasteiger partial charge in [-0.3, -0.25) is 0 Å². The Kier molecular flexibility index (Phi) is 2.42. The van der Waals surface area contributed by atoms with Gasteiger partial charge in [-0.25, -0.2) is 4.52 Å². The van der Waals surface area contributed by atoms with Gasteiger partial charge in [0.2, 0.25) is 0 Å². The van der Waals surface area contributed by atoms with Gasteiger partial charge in [0.25, 0.3) is 0 Å². The number of nitriles is 1. The van der Waals surface area contributed by atoms with Crippen molar-refractivity contribution in [3.05, 3.63) is 30.1 Å². The fourth-order valence-electron chi connectivity index (χ4n) is 2.08. The Bertz CT molecular complexity index is 578. The standard InChI is InChI=1S/C12H12N4O/c13-6-9-7-14-16-4-1-2-11(16)12(9)15-10-3-5-17-8-10/h1-2,4,7,10,15H,3,5,8H2. The molecule has 2 aromatic rings. The topological polar surface area (TPSA) is 62.4 Å². The molecule has 17 heavy (non-hydrogen) atoms. The van der Waals surface area contributed by atoms with E-state index in [2.05, 4.69) is 16.5 Å². The first kappa shape index (κ1) is 10.1. The first-order valence-electron chi connectivity index (χ1n) is 5.59. The monoisotopic (exact) mass is 228 g/mol. The maximum atomic E-state index is 9.12. The Labute approximate surface area is 98.6 Å². The second kappa shape index (κ2) is 4.07. The molecule has 1 aliphatic rings. The highest BCUT2D eigenvalue weighted by Gasteiger charge is 2.18. The van der Waals surface area contributed by atoms with E-state index in [4.69, 9.17) is 10.00 Å². The van der Waals surface area contributed by atoms with Gasteiger partial charge in [-0.05, 0) is 18.6 Å². The largest absolute Gasteiger partial charge is 0.379 e. The summed E-state index contributed by atoms with van der Waals surface area (Å²) in [6, 6.07) is 6.32. The number of hydrogen-bond acceptors (Lipinski definition) is 4. The van der Waals surface area contributed by atoms with Gasteiger partial charge in [0.15, 0.2) is 0 Å². The van der Waals surface area contributed by atoms with E-state index >= 15 is 0 Å². The molecule has 0 aromatic carbocycles. The Hall–Kier alpha value is -2.06. The van der Waals surface area contributed by atoms with Crippen molar-refractivity contribution in [2.45, 2.75) is 12.5 Å². The van der Waals surface area contributed by atoms with Crippen LogP contribution in [0.1, 0.15) is 12.0 Å². The van der Waals surface area contributed by atoms with Crippen LogP contribution in [0.25, 0.3) is 5.52 Å². The molecule has 1 fully saturated rings. The predicted molar refractivity (Wildman–Crippen MR) is 62.8 cm³/mol. The van der Waals surface area contributed by atoms with Gasteiger partial charge in [0.05, 0.1) is 35.6 Å². The quantitative estimate of drug-likeness (QED) is 0.844. The van der Waals surface area contributed by atoms with E-state index < -0.39 is 0 Å². The molecule has 3 heterocycles. The second-order valence-corrected chi connectivity index (χ2v) is 4.09. The normalized spacial score (nSPS) is 19.4. The summed E-state index contributed by atoms with van der Waals surface area (Å²) < 4.78 is 7.09. The molecular formula is C12H12N4O. The molecule has 0 spiro atoms. The van der Waals surface area contributed by atoms with Crippen molar-refractivity contribution in [1.29, 1.82) is 5.26 Å². The third kappa shape index (κ3) is 1.73. The number of hydrogen-bond donors (Lipinski definition) is 1. The number of rotatable bonds is 2. The van der Waals surface area contributed by atoms with E-state index in [1.807, 2.05) is 18.3 Å². The van der Waals surface area contributed by atoms with E-state index in [0.29, 0.717) is 12.2 Å². The molecule has 5 nitrogen and oxygen atoms in total. The molecule has 1 aliphatic heterocycles. The van der Waals surface area contributed by atoms with Crippen LogP contribution in [0, 0.1) is 11.3 Å². The molecule has 3 rings (SSSR count). The summed E-state index contributed by atoms with van der Waals surface area (Å²) in [5, 5.41) is 16.7. The van der Waals surface area contributed by atoms with Crippen LogP contribution in [0.2, 0.25) is 0 Å². The molecule has 86 valence electrons. The van der Waals surface area contributed by atoms with Gasteiger partial charge >= 0.3 is 0 Å². The molecule has 0 amide bonds. The van der Waals surface area contributed by atoms with Crippen LogP contribution in [0.5, 0.6) is 0 Å². The average molecular weight is 228 g/mol. The molecule has 5 heteroatoms. The summed E-state index contributed by atoms with van der Waals surface area (Å²) in [6.07, 6.45) is 4.43. The molecule has 0 radical (unpaired) electrons. The first-order valence-corrected chi connectivity index (χ1v) is 5.59. The zero-order chi connectivity index (χ0) is 11.7. The van der Waals surface area contributed by atoms with Crippen molar-refractivity contribution in [3.63, 3.8) is 0 Å². The fourth-order valence-corrected chi connectivity index (χ4v) is 2.08. The van der Waals surface area contributed by atoms with Crippen molar-refractivity contribution in [3.8, 4) is 6.07 Å². The van der Waals surface area contributed by atoms with Crippen LogP contribution in [-0.2, 0) is 4.74 Å². The van der Waals surface area contributed by atoms with Crippen LogP contribution in [-0.4, -0.2) is 28.9 Å². The Morgan fingerprint density at radius 2 is 2.53 bits per heavy atom. The van der Waals surface area contributed by atoms with E-state index in [1.54, 1.807) is 10.7 Å². The zero-order valence-electron chi connectivity index (χ0n) is 9.26. The molecule has 2 aromatic heterocycles. The fraction of sp³-hybridized carbons (Fsp3) is 0.333. The second-order valence-electron chi connectivity index (χ2n) is 4.09. The number of nitrogens with zero attached hydrogens (tertiary/aromatic N) is 3. The lowest BCUT2D eigenvalue weighted by Crippen LogP contribution is -2.20. The van der Waals surface area contributed by atoms with Gasteiger partial charge in [-0.2, -0.15) is 10.4 Å². The van der Waals surface area contributed by atoms with Crippen LogP contribution >= 0.6 is 0 Å². The predicted octanol–water partition coefficient (Wildman–Crippen LogP) is 1.41. The van der Waals surface area contributed by atoms with Gasteiger partial charge < -0.3 is 10.1 Å². The average Bonchev–Trinajstić information content (AvgIpc) is 2.99. The number of anilines is 1. The smallest absolute Gasteiger partial charge is 0.103 e. The van der Waals surface area contributed by atoms with E-state index in [1.165, 1.54) is 0 Å². The van der Waals surface area contributed by atoms with Gasteiger partial charge in [0, 0.05) is 12.8 Å². The van der Waals surface area contributed by atoms with Crippen molar-refractivity contribution < 1.29 is 4.74 Å². The highest BCUT2D eigenvalue weighted by molar-refractivity contribution is 5.77. The van der Waals surface area contributed by atoms with Crippen molar-refractivity contribution in [2.24, 2.45) is 0 Å². The van der Waals surface area contributed by atoms with E-state index in [0.717, 1.165) is 24.2 Å². The summed E-state index contributed by atoms with van der Waals surface area (Å²) in [7, 11) is 0. The van der Waals surface area contributed by atoms with Crippen molar-refractivity contribution in [1.82, 2.24) is 9.61 Å². The van der Waals surface area contributed by atoms with Crippen LogP contribution in [0.4, 0.5) is 5.69 Å². The van der Waals surface area contributed by atoms with Gasteiger partial charge in [0.1, 0.15) is 6.07 Å². The number of nitrogens with one attached hydrogen (secondary N) is 1.